The van der Waals surface area contributed by atoms with Gasteiger partial charge < -0.3 is 15.3 Å². The van der Waals surface area contributed by atoms with Crippen molar-refractivity contribution in [3.05, 3.63) is 29.8 Å². The van der Waals surface area contributed by atoms with Gasteiger partial charge in [0.25, 0.3) is 5.91 Å². The first-order valence-electron chi connectivity index (χ1n) is 8.31. The zero-order chi connectivity index (χ0) is 17.7. The van der Waals surface area contributed by atoms with E-state index in [1.807, 2.05) is 7.05 Å². The average molecular weight is 332 g/mol. The first-order chi connectivity index (χ1) is 11.4. The fraction of sp³-hybridized carbons (Fsp3) is 0.500. The standard InChI is InChI=1S/C18H24N2O4/c1-12(18(23)24)16(21)19-14-10-8-13(9-11-14)17(22)20(2)15-6-4-3-5-7-15/h8-12,15H,3-7H2,1-2H3,(H,19,21)(H,23,24). The molecule has 2 amide bonds. The van der Waals surface area contributed by atoms with Gasteiger partial charge >= 0.3 is 5.97 Å². The Balaban J connectivity index is 1.99. The summed E-state index contributed by atoms with van der Waals surface area (Å²) >= 11 is 0. The summed E-state index contributed by atoms with van der Waals surface area (Å²) < 4.78 is 0. The number of anilines is 1. The molecule has 24 heavy (non-hydrogen) atoms. The summed E-state index contributed by atoms with van der Waals surface area (Å²) in [5.41, 5.74) is 1.04. The van der Waals surface area contributed by atoms with Gasteiger partial charge in [0, 0.05) is 24.3 Å². The molecule has 1 saturated carbocycles. The number of benzene rings is 1. The fourth-order valence-corrected chi connectivity index (χ4v) is 2.90. The quantitative estimate of drug-likeness (QED) is 0.812. The second-order valence-corrected chi connectivity index (χ2v) is 6.33. The Morgan fingerprint density at radius 2 is 1.71 bits per heavy atom. The van der Waals surface area contributed by atoms with Gasteiger partial charge in [0.1, 0.15) is 5.92 Å². The molecule has 0 spiro atoms. The lowest BCUT2D eigenvalue weighted by Crippen LogP contribution is -2.38. The minimum Gasteiger partial charge on any atom is -0.481 e. The maximum atomic E-state index is 12.5. The molecule has 130 valence electrons. The molecule has 1 aromatic carbocycles. The third kappa shape index (κ3) is 4.34. The van der Waals surface area contributed by atoms with E-state index in [1.165, 1.54) is 13.3 Å². The summed E-state index contributed by atoms with van der Waals surface area (Å²) in [5.74, 6) is -2.91. The molecule has 2 rings (SSSR count). The number of carbonyl (C=O) groups is 3. The molecule has 0 aromatic heterocycles. The first-order valence-corrected chi connectivity index (χ1v) is 8.31. The number of carboxylic acid groups (broad SMARTS) is 1. The number of carboxylic acids is 1. The number of hydrogen-bond acceptors (Lipinski definition) is 3. The summed E-state index contributed by atoms with van der Waals surface area (Å²) in [4.78, 5) is 36.8. The highest BCUT2D eigenvalue weighted by Gasteiger charge is 2.23. The Kier molecular flexibility index (Phi) is 5.95. The van der Waals surface area contributed by atoms with E-state index in [9.17, 15) is 14.4 Å². The highest BCUT2D eigenvalue weighted by atomic mass is 16.4. The van der Waals surface area contributed by atoms with Crippen molar-refractivity contribution in [2.24, 2.45) is 5.92 Å². The van der Waals surface area contributed by atoms with E-state index >= 15 is 0 Å². The predicted octanol–water partition coefficient (Wildman–Crippen LogP) is 2.75. The SMILES string of the molecule is CC(C(=O)O)C(=O)Nc1ccc(C(=O)N(C)C2CCCCC2)cc1. The summed E-state index contributed by atoms with van der Waals surface area (Å²) in [6.45, 7) is 1.33. The fourth-order valence-electron chi connectivity index (χ4n) is 2.90. The van der Waals surface area contributed by atoms with Crippen LogP contribution in [0.5, 0.6) is 0 Å². The van der Waals surface area contributed by atoms with Gasteiger partial charge in [0.15, 0.2) is 0 Å². The van der Waals surface area contributed by atoms with E-state index in [-0.39, 0.29) is 5.91 Å². The van der Waals surface area contributed by atoms with E-state index in [0.717, 1.165) is 25.7 Å². The molecule has 2 N–H and O–H groups in total. The smallest absolute Gasteiger partial charge is 0.315 e. The third-order valence-electron chi connectivity index (χ3n) is 4.61. The first kappa shape index (κ1) is 18.0. The van der Waals surface area contributed by atoms with Crippen molar-refractivity contribution in [3.8, 4) is 0 Å². The van der Waals surface area contributed by atoms with Gasteiger partial charge in [-0.25, -0.2) is 0 Å². The molecule has 0 heterocycles. The number of hydrogen-bond donors (Lipinski definition) is 2. The molecule has 1 aliphatic carbocycles. The van der Waals surface area contributed by atoms with Crippen molar-refractivity contribution in [1.29, 1.82) is 0 Å². The van der Waals surface area contributed by atoms with Crippen molar-refractivity contribution in [2.45, 2.75) is 45.1 Å². The normalized spacial score (nSPS) is 16.2. The van der Waals surface area contributed by atoms with Crippen LogP contribution < -0.4 is 5.32 Å². The van der Waals surface area contributed by atoms with Crippen molar-refractivity contribution >= 4 is 23.5 Å². The summed E-state index contributed by atoms with van der Waals surface area (Å²) in [7, 11) is 1.84. The van der Waals surface area contributed by atoms with Crippen molar-refractivity contribution in [2.75, 3.05) is 12.4 Å². The predicted molar refractivity (Wildman–Crippen MR) is 90.8 cm³/mol. The number of aliphatic carboxylic acids is 1. The molecule has 0 bridgehead atoms. The van der Waals surface area contributed by atoms with E-state index in [0.29, 0.717) is 17.3 Å². The lowest BCUT2D eigenvalue weighted by atomic mass is 9.94. The summed E-state index contributed by atoms with van der Waals surface area (Å²) in [5, 5.41) is 11.4. The van der Waals surface area contributed by atoms with Gasteiger partial charge in [-0.15, -0.1) is 0 Å². The number of nitrogens with zero attached hydrogens (tertiary/aromatic N) is 1. The van der Waals surface area contributed by atoms with Crippen LogP contribution >= 0.6 is 0 Å². The lowest BCUT2D eigenvalue weighted by molar-refractivity contribution is -0.144. The van der Waals surface area contributed by atoms with E-state index in [2.05, 4.69) is 5.32 Å². The molecule has 0 saturated heterocycles. The minimum atomic E-state index is -1.17. The topological polar surface area (TPSA) is 86.7 Å². The van der Waals surface area contributed by atoms with E-state index < -0.39 is 17.8 Å². The second-order valence-electron chi connectivity index (χ2n) is 6.33. The van der Waals surface area contributed by atoms with Crippen LogP contribution in [0, 0.1) is 5.92 Å². The Morgan fingerprint density at radius 3 is 2.25 bits per heavy atom. The van der Waals surface area contributed by atoms with Crippen LogP contribution in [0.2, 0.25) is 0 Å². The zero-order valence-corrected chi connectivity index (χ0v) is 14.1. The van der Waals surface area contributed by atoms with Gasteiger partial charge in [-0.3, -0.25) is 14.4 Å². The van der Waals surface area contributed by atoms with Gasteiger partial charge in [-0.2, -0.15) is 0 Å². The van der Waals surface area contributed by atoms with Crippen LogP contribution in [-0.2, 0) is 9.59 Å². The van der Waals surface area contributed by atoms with Crippen molar-refractivity contribution < 1.29 is 19.5 Å². The van der Waals surface area contributed by atoms with Crippen LogP contribution in [0.1, 0.15) is 49.4 Å². The average Bonchev–Trinajstić information content (AvgIpc) is 2.61. The molecule has 0 radical (unpaired) electrons. The maximum absolute atomic E-state index is 12.5. The Hall–Kier alpha value is -2.37. The molecule has 1 unspecified atom stereocenters. The van der Waals surface area contributed by atoms with E-state index in [4.69, 9.17) is 5.11 Å². The molecule has 1 atom stereocenters. The third-order valence-corrected chi connectivity index (χ3v) is 4.61. The Labute approximate surface area is 141 Å². The Bertz CT molecular complexity index is 606. The molecule has 1 fully saturated rings. The monoisotopic (exact) mass is 332 g/mol. The van der Waals surface area contributed by atoms with Crippen molar-refractivity contribution in [3.63, 3.8) is 0 Å². The largest absolute Gasteiger partial charge is 0.481 e. The van der Waals surface area contributed by atoms with Gasteiger partial charge in [-0.05, 0) is 44.0 Å². The summed E-state index contributed by atoms with van der Waals surface area (Å²) in [6, 6.07) is 6.84. The van der Waals surface area contributed by atoms with Gasteiger partial charge in [0.05, 0.1) is 0 Å². The minimum absolute atomic E-state index is 0.0290. The molecule has 6 heteroatoms. The van der Waals surface area contributed by atoms with Crippen LogP contribution in [0.15, 0.2) is 24.3 Å². The van der Waals surface area contributed by atoms with Gasteiger partial charge in [0.2, 0.25) is 5.91 Å². The summed E-state index contributed by atoms with van der Waals surface area (Å²) in [6.07, 6.45) is 5.65. The lowest BCUT2D eigenvalue weighted by Gasteiger charge is -2.31. The van der Waals surface area contributed by atoms with Crippen LogP contribution in [-0.4, -0.2) is 40.9 Å². The molecule has 6 nitrogen and oxygen atoms in total. The number of carbonyl (C=O) groups excluding carboxylic acids is 2. The molecule has 1 aromatic rings. The highest BCUT2D eigenvalue weighted by molar-refractivity contribution is 6.04. The maximum Gasteiger partial charge on any atom is 0.315 e. The number of rotatable bonds is 5. The van der Waals surface area contributed by atoms with E-state index in [1.54, 1.807) is 29.2 Å². The number of amides is 2. The molecular weight excluding hydrogens is 308 g/mol. The number of nitrogens with one attached hydrogen (secondary N) is 1. The van der Waals surface area contributed by atoms with Crippen molar-refractivity contribution in [1.82, 2.24) is 4.90 Å². The molecule has 1 aliphatic rings. The highest BCUT2D eigenvalue weighted by Crippen LogP contribution is 2.23. The Morgan fingerprint density at radius 1 is 1.12 bits per heavy atom. The molecule has 0 aliphatic heterocycles. The van der Waals surface area contributed by atoms with Crippen LogP contribution in [0.4, 0.5) is 5.69 Å². The molecular formula is C18H24N2O4. The van der Waals surface area contributed by atoms with Crippen LogP contribution in [0.25, 0.3) is 0 Å². The zero-order valence-electron chi connectivity index (χ0n) is 14.1. The van der Waals surface area contributed by atoms with Gasteiger partial charge in [-0.1, -0.05) is 19.3 Å². The van der Waals surface area contributed by atoms with Crippen LogP contribution in [0.3, 0.4) is 0 Å². The second kappa shape index (κ2) is 7.95.